The molecular weight excluding hydrogens is 158 g/mol. The molecule has 0 rings (SSSR count). The van der Waals surface area contributed by atoms with E-state index in [1.165, 1.54) is 0 Å². The number of hydrogen-bond acceptors (Lipinski definition) is 3. The number of azide groups is 1. The van der Waals surface area contributed by atoms with Crippen LogP contribution in [0.15, 0.2) is 5.11 Å². The van der Waals surface area contributed by atoms with Gasteiger partial charge in [0.05, 0.1) is 25.9 Å². The van der Waals surface area contributed by atoms with Crippen molar-refractivity contribution < 1.29 is 9.47 Å². The molecule has 5 nitrogen and oxygen atoms in total. The van der Waals surface area contributed by atoms with Crippen molar-refractivity contribution in [1.82, 2.24) is 0 Å². The van der Waals surface area contributed by atoms with Crippen molar-refractivity contribution in [2.45, 2.75) is 20.0 Å². The average molecular weight is 173 g/mol. The Labute approximate surface area is 72.3 Å². The summed E-state index contributed by atoms with van der Waals surface area (Å²) < 4.78 is 10.3. The molecule has 70 valence electrons. The standard InChI is InChI=1S/C7H15N3O2/c1-7(2)12-6-5-11-4-3-9-10-8/h7H,3-6H2,1-2H3. The van der Waals surface area contributed by atoms with E-state index in [2.05, 4.69) is 10.0 Å². The van der Waals surface area contributed by atoms with Crippen LogP contribution in [-0.4, -0.2) is 32.5 Å². The highest BCUT2D eigenvalue weighted by atomic mass is 16.5. The van der Waals surface area contributed by atoms with Gasteiger partial charge in [-0.05, 0) is 19.4 Å². The Balaban J connectivity index is 2.95. The lowest BCUT2D eigenvalue weighted by Crippen LogP contribution is -2.10. The molecule has 0 heterocycles. The lowest BCUT2D eigenvalue weighted by Gasteiger charge is -2.06. The highest BCUT2D eigenvalue weighted by Gasteiger charge is 1.91. The summed E-state index contributed by atoms with van der Waals surface area (Å²) in [6, 6.07) is 0. The summed E-state index contributed by atoms with van der Waals surface area (Å²) in [5.74, 6) is 0. The largest absolute Gasteiger partial charge is 0.379 e. The predicted octanol–water partition coefficient (Wildman–Crippen LogP) is 1.74. The fourth-order valence-electron chi connectivity index (χ4n) is 0.595. The molecule has 0 aromatic carbocycles. The molecule has 5 heteroatoms. The molecule has 0 atom stereocenters. The molecule has 0 saturated heterocycles. The normalized spacial score (nSPS) is 9.92. The molecule has 0 amide bonds. The first-order chi connectivity index (χ1) is 5.77. The molecule has 0 bridgehead atoms. The third-order valence-electron chi connectivity index (χ3n) is 1.08. The number of nitrogens with zero attached hydrogens (tertiary/aromatic N) is 3. The molecule has 0 spiro atoms. The van der Waals surface area contributed by atoms with E-state index in [1.54, 1.807) is 0 Å². The van der Waals surface area contributed by atoms with Gasteiger partial charge in [-0.1, -0.05) is 5.11 Å². The van der Waals surface area contributed by atoms with Crippen LogP contribution in [0.1, 0.15) is 13.8 Å². The molecule has 0 aromatic rings. The maximum absolute atomic E-state index is 7.92. The molecule has 0 saturated carbocycles. The zero-order chi connectivity index (χ0) is 9.23. The summed E-state index contributed by atoms with van der Waals surface area (Å²) in [6.45, 7) is 5.94. The van der Waals surface area contributed by atoms with E-state index in [9.17, 15) is 0 Å². The van der Waals surface area contributed by atoms with E-state index < -0.39 is 0 Å². The third-order valence-corrected chi connectivity index (χ3v) is 1.08. The van der Waals surface area contributed by atoms with Crippen molar-refractivity contribution in [3.05, 3.63) is 10.4 Å². The highest BCUT2D eigenvalue weighted by molar-refractivity contribution is 4.44. The second kappa shape index (κ2) is 8.33. The Morgan fingerprint density at radius 3 is 2.67 bits per heavy atom. The molecule has 0 aliphatic carbocycles. The molecule has 0 aliphatic heterocycles. The van der Waals surface area contributed by atoms with Crippen LogP contribution in [0.2, 0.25) is 0 Å². The molecule has 0 fully saturated rings. The predicted molar refractivity (Wildman–Crippen MR) is 45.9 cm³/mol. The van der Waals surface area contributed by atoms with Gasteiger partial charge in [0.15, 0.2) is 0 Å². The molecule has 0 radical (unpaired) electrons. The molecule has 0 N–H and O–H groups in total. The molecule has 12 heavy (non-hydrogen) atoms. The topological polar surface area (TPSA) is 67.2 Å². The fourth-order valence-corrected chi connectivity index (χ4v) is 0.595. The lowest BCUT2D eigenvalue weighted by atomic mass is 10.5. The van der Waals surface area contributed by atoms with E-state index in [4.69, 9.17) is 15.0 Å². The minimum absolute atomic E-state index is 0.241. The summed E-state index contributed by atoms with van der Waals surface area (Å²) in [5, 5.41) is 3.32. The summed E-state index contributed by atoms with van der Waals surface area (Å²) in [6.07, 6.45) is 0.241. The van der Waals surface area contributed by atoms with Crippen LogP contribution in [0.25, 0.3) is 10.4 Å². The van der Waals surface area contributed by atoms with Crippen molar-refractivity contribution in [1.29, 1.82) is 0 Å². The maximum atomic E-state index is 7.92. The number of hydrogen-bond donors (Lipinski definition) is 0. The van der Waals surface area contributed by atoms with Crippen molar-refractivity contribution in [2.24, 2.45) is 5.11 Å². The SMILES string of the molecule is CC(C)OCCOCCN=[N+]=[N-]. The van der Waals surface area contributed by atoms with Crippen LogP contribution < -0.4 is 0 Å². The minimum Gasteiger partial charge on any atom is -0.379 e. The Kier molecular flexibility index (Phi) is 7.79. The van der Waals surface area contributed by atoms with Gasteiger partial charge >= 0.3 is 0 Å². The van der Waals surface area contributed by atoms with Gasteiger partial charge < -0.3 is 9.47 Å². The van der Waals surface area contributed by atoms with Crippen LogP contribution in [0.4, 0.5) is 0 Å². The van der Waals surface area contributed by atoms with Gasteiger partial charge in [0, 0.05) is 11.5 Å². The number of rotatable bonds is 7. The number of ether oxygens (including phenoxy) is 2. The van der Waals surface area contributed by atoms with E-state index in [1.807, 2.05) is 13.8 Å². The van der Waals surface area contributed by atoms with Crippen molar-refractivity contribution in [3.63, 3.8) is 0 Å². The first kappa shape index (κ1) is 11.2. The lowest BCUT2D eigenvalue weighted by molar-refractivity contribution is 0.0217. The smallest absolute Gasteiger partial charge is 0.0703 e. The zero-order valence-electron chi connectivity index (χ0n) is 7.56. The van der Waals surface area contributed by atoms with Crippen molar-refractivity contribution in [3.8, 4) is 0 Å². The van der Waals surface area contributed by atoms with Crippen LogP contribution in [0.5, 0.6) is 0 Å². The van der Waals surface area contributed by atoms with Crippen LogP contribution in [-0.2, 0) is 9.47 Å². The van der Waals surface area contributed by atoms with Gasteiger partial charge in [-0.3, -0.25) is 0 Å². The zero-order valence-corrected chi connectivity index (χ0v) is 7.56. The van der Waals surface area contributed by atoms with Gasteiger partial charge in [-0.2, -0.15) is 0 Å². The average Bonchev–Trinajstić information content (AvgIpc) is 2.02. The molecule has 0 unspecified atom stereocenters. The first-order valence-corrected chi connectivity index (χ1v) is 3.97. The summed E-state index contributed by atoms with van der Waals surface area (Å²) >= 11 is 0. The Morgan fingerprint density at radius 2 is 2.08 bits per heavy atom. The van der Waals surface area contributed by atoms with E-state index in [0.717, 1.165) is 0 Å². The quantitative estimate of drug-likeness (QED) is 0.254. The fraction of sp³-hybridized carbons (Fsp3) is 1.00. The minimum atomic E-state index is 0.241. The van der Waals surface area contributed by atoms with E-state index >= 15 is 0 Å². The second-order valence-electron chi connectivity index (χ2n) is 2.49. The third kappa shape index (κ3) is 9.23. The van der Waals surface area contributed by atoms with Crippen molar-refractivity contribution >= 4 is 0 Å². The van der Waals surface area contributed by atoms with Crippen molar-refractivity contribution in [2.75, 3.05) is 26.4 Å². The molecule has 0 aromatic heterocycles. The van der Waals surface area contributed by atoms with Crippen LogP contribution in [0, 0.1) is 0 Å². The Morgan fingerprint density at radius 1 is 1.33 bits per heavy atom. The molecule has 0 aliphatic rings. The second-order valence-corrected chi connectivity index (χ2v) is 2.49. The van der Waals surface area contributed by atoms with Crippen LogP contribution in [0.3, 0.4) is 0 Å². The monoisotopic (exact) mass is 173 g/mol. The van der Waals surface area contributed by atoms with Gasteiger partial charge in [-0.15, -0.1) is 0 Å². The van der Waals surface area contributed by atoms with Crippen LogP contribution >= 0.6 is 0 Å². The summed E-state index contributed by atoms with van der Waals surface area (Å²) in [5.41, 5.74) is 7.92. The van der Waals surface area contributed by atoms with Gasteiger partial charge in [0.25, 0.3) is 0 Å². The van der Waals surface area contributed by atoms with Gasteiger partial charge in [0.2, 0.25) is 0 Å². The maximum Gasteiger partial charge on any atom is 0.0703 e. The first-order valence-electron chi connectivity index (χ1n) is 3.97. The molecular formula is C7H15N3O2. The Hall–Kier alpha value is -0.770. The Bertz CT molecular complexity index is 144. The summed E-state index contributed by atoms with van der Waals surface area (Å²) in [4.78, 5) is 2.60. The summed E-state index contributed by atoms with van der Waals surface area (Å²) in [7, 11) is 0. The van der Waals surface area contributed by atoms with Gasteiger partial charge in [-0.25, -0.2) is 0 Å². The van der Waals surface area contributed by atoms with Gasteiger partial charge in [0.1, 0.15) is 0 Å². The van der Waals surface area contributed by atoms with E-state index in [-0.39, 0.29) is 6.10 Å². The highest BCUT2D eigenvalue weighted by Crippen LogP contribution is 1.87. The van der Waals surface area contributed by atoms with E-state index in [0.29, 0.717) is 26.4 Å².